The summed E-state index contributed by atoms with van der Waals surface area (Å²) in [6.45, 7) is 6.56. The number of hydrogen-bond acceptors (Lipinski definition) is 3. The molecule has 0 saturated carbocycles. The van der Waals surface area contributed by atoms with Crippen LogP contribution in [0.2, 0.25) is 0 Å². The summed E-state index contributed by atoms with van der Waals surface area (Å²) in [5, 5.41) is 4.71. The van der Waals surface area contributed by atoms with Gasteiger partial charge in [0.2, 0.25) is 0 Å². The highest BCUT2D eigenvalue weighted by Crippen LogP contribution is 2.18. The van der Waals surface area contributed by atoms with Crippen molar-refractivity contribution in [2.45, 2.75) is 19.5 Å². The average Bonchev–Trinajstić information content (AvgIpc) is 2.39. The van der Waals surface area contributed by atoms with Crippen LogP contribution in [0.4, 0.5) is 0 Å². The van der Waals surface area contributed by atoms with E-state index in [1.807, 2.05) is 12.3 Å². The summed E-state index contributed by atoms with van der Waals surface area (Å²) in [5.74, 6) is 0. The number of benzene rings is 1. The lowest BCUT2D eigenvalue weighted by Gasteiger charge is -2.31. The van der Waals surface area contributed by atoms with E-state index in [2.05, 4.69) is 46.4 Å². The summed E-state index contributed by atoms with van der Waals surface area (Å²) in [6, 6.07) is 11.2. The maximum atomic E-state index is 4.52. The summed E-state index contributed by atoms with van der Waals surface area (Å²) in [7, 11) is 0. The molecule has 1 saturated heterocycles. The van der Waals surface area contributed by atoms with Gasteiger partial charge < -0.3 is 5.32 Å². The van der Waals surface area contributed by atoms with Crippen LogP contribution in [-0.4, -0.2) is 35.6 Å². The van der Waals surface area contributed by atoms with Crippen LogP contribution in [0.25, 0.3) is 10.9 Å². The zero-order valence-electron chi connectivity index (χ0n) is 11.2. The van der Waals surface area contributed by atoms with Crippen molar-refractivity contribution in [1.82, 2.24) is 15.2 Å². The highest BCUT2D eigenvalue weighted by molar-refractivity contribution is 5.85. The topological polar surface area (TPSA) is 28.2 Å². The Kier molecular flexibility index (Phi) is 4.75. The van der Waals surface area contributed by atoms with Gasteiger partial charge in [-0.1, -0.05) is 24.3 Å². The van der Waals surface area contributed by atoms with Gasteiger partial charge >= 0.3 is 0 Å². The van der Waals surface area contributed by atoms with Gasteiger partial charge in [0.15, 0.2) is 0 Å². The van der Waals surface area contributed by atoms with Gasteiger partial charge in [0.1, 0.15) is 0 Å². The minimum Gasteiger partial charge on any atom is -0.312 e. The number of nitrogens with one attached hydrogen (secondary N) is 1. The van der Waals surface area contributed by atoms with E-state index >= 15 is 0 Å². The second-order valence-electron chi connectivity index (χ2n) is 5.08. The average molecular weight is 278 g/mol. The van der Waals surface area contributed by atoms with Crippen molar-refractivity contribution in [2.24, 2.45) is 0 Å². The van der Waals surface area contributed by atoms with Crippen LogP contribution >= 0.6 is 12.4 Å². The van der Waals surface area contributed by atoms with Crippen LogP contribution in [0.15, 0.2) is 36.5 Å². The summed E-state index contributed by atoms with van der Waals surface area (Å²) in [4.78, 5) is 7.03. The molecule has 3 rings (SSSR count). The van der Waals surface area contributed by atoms with Gasteiger partial charge in [-0.3, -0.25) is 9.88 Å². The molecule has 2 heterocycles. The van der Waals surface area contributed by atoms with E-state index in [0.717, 1.165) is 31.7 Å². The lowest BCUT2D eigenvalue weighted by molar-refractivity contribution is 0.200. The van der Waals surface area contributed by atoms with E-state index in [4.69, 9.17) is 0 Å². The van der Waals surface area contributed by atoms with Crippen LogP contribution in [0, 0.1) is 0 Å². The Morgan fingerprint density at radius 2 is 2.16 bits per heavy atom. The van der Waals surface area contributed by atoms with Gasteiger partial charge in [0.05, 0.1) is 5.52 Å². The third kappa shape index (κ3) is 3.24. The normalized spacial score (nSPS) is 20.2. The number of hydrogen-bond donors (Lipinski definition) is 1. The molecule has 1 atom stereocenters. The molecule has 3 nitrogen and oxygen atoms in total. The van der Waals surface area contributed by atoms with Gasteiger partial charge in [0.25, 0.3) is 0 Å². The zero-order valence-corrected chi connectivity index (χ0v) is 12.0. The van der Waals surface area contributed by atoms with Crippen molar-refractivity contribution in [2.75, 3.05) is 19.6 Å². The fourth-order valence-corrected chi connectivity index (χ4v) is 2.69. The van der Waals surface area contributed by atoms with Gasteiger partial charge in [-0.2, -0.15) is 0 Å². The fraction of sp³-hybridized carbons (Fsp3) is 0.400. The first-order valence-electron chi connectivity index (χ1n) is 6.61. The number of pyridine rings is 1. The lowest BCUT2D eigenvalue weighted by atomic mass is 10.1. The number of halogens is 1. The van der Waals surface area contributed by atoms with Crippen molar-refractivity contribution in [3.63, 3.8) is 0 Å². The summed E-state index contributed by atoms with van der Waals surface area (Å²) in [6.07, 6.45) is 1.88. The molecule has 1 aromatic heterocycles. The molecule has 4 heteroatoms. The third-order valence-electron chi connectivity index (χ3n) is 3.56. The number of para-hydroxylation sites is 1. The monoisotopic (exact) mass is 277 g/mol. The summed E-state index contributed by atoms with van der Waals surface area (Å²) >= 11 is 0. The smallest absolute Gasteiger partial charge is 0.0746 e. The second kappa shape index (κ2) is 6.33. The number of fused-ring (bicyclic) bond motifs is 1. The molecule has 102 valence electrons. The van der Waals surface area contributed by atoms with Gasteiger partial charge in [-0.15, -0.1) is 12.4 Å². The Bertz CT molecular complexity index is 538. The number of aromatic nitrogens is 1. The van der Waals surface area contributed by atoms with E-state index in [0.29, 0.717) is 6.04 Å². The molecule has 1 aromatic carbocycles. The number of nitrogens with zero attached hydrogens (tertiary/aromatic N) is 2. The highest BCUT2D eigenvalue weighted by atomic mass is 35.5. The molecule has 0 bridgehead atoms. The molecule has 0 unspecified atom stereocenters. The van der Waals surface area contributed by atoms with Crippen LogP contribution in [0.1, 0.15) is 12.5 Å². The minimum absolute atomic E-state index is 0. The Morgan fingerprint density at radius 1 is 1.32 bits per heavy atom. The van der Waals surface area contributed by atoms with Crippen LogP contribution < -0.4 is 5.32 Å². The lowest BCUT2D eigenvalue weighted by Crippen LogP contribution is -2.48. The predicted octanol–water partition coefficient (Wildman–Crippen LogP) is 2.45. The van der Waals surface area contributed by atoms with E-state index in [-0.39, 0.29) is 12.4 Å². The minimum atomic E-state index is 0. The quantitative estimate of drug-likeness (QED) is 0.914. The first kappa shape index (κ1) is 14.3. The largest absolute Gasteiger partial charge is 0.312 e. The van der Waals surface area contributed by atoms with Crippen molar-refractivity contribution in [1.29, 1.82) is 0 Å². The first-order valence-corrected chi connectivity index (χ1v) is 6.61. The second-order valence-corrected chi connectivity index (χ2v) is 5.08. The van der Waals surface area contributed by atoms with Crippen LogP contribution in [0.5, 0.6) is 0 Å². The van der Waals surface area contributed by atoms with Crippen molar-refractivity contribution in [3.05, 3.63) is 42.1 Å². The SMILES string of the molecule is C[C@H]1CN(Cc2cccc3cccnc23)CCN1.Cl. The summed E-state index contributed by atoms with van der Waals surface area (Å²) in [5.41, 5.74) is 2.48. The van der Waals surface area contributed by atoms with Gasteiger partial charge in [-0.25, -0.2) is 0 Å². The molecule has 0 spiro atoms. The van der Waals surface area contributed by atoms with E-state index in [1.165, 1.54) is 10.9 Å². The highest BCUT2D eigenvalue weighted by Gasteiger charge is 2.16. The van der Waals surface area contributed by atoms with Crippen molar-refractivity contribution in [3.8, 4) is 0 Å². The predicted molar refractivity (Wildman–Crippen MR) is 81.7 cm³/mol. The number of rotatable bonds is 2. The van der Waals surface area contributed by atoms with E-state index < -0.39 is 0 Å². The maximum Gasteiger partial charge on any atom is 0.0746 e. The van der Waals surface area contributed by atoms with E-state index in [1.54, 1.807) is 0 Å². The van der Waals surface area contributed by atoms with Gasteiger partial charge in [-0.05, 0) is 18.6 Å². The Morgan fingerprint density at radius 3 is 3.00 bits per heavy atom. The Labute approximate surface area is 120 Å². The van der Waals surface area contributed by atoms with Crippen molar-refractivity contribution >= 4 is 23.3 Å². The van der Waals surface area contributed by atoms with Crippen molar-refractivity contribution < 1.29 is 0 Å². The Balaban J connectivity index is 0.00000133. The van der Waals surface area contributed by atoms with Crippen LogP contribution in [0.3, 0.4) is 0 Å². The molecule has 0 aliphatic carbocycles. The maximum absolute atomic E-state index is 4.52. The number of piperazine rings is 1. The molecule has 2 aromatic rings. The molecular formula is C15H20ClN3. The standard InChI is InChI=1S/C15H19N3.ClH/c1-12-10-18(9-8-16-12)11-14-5-2-4-13-6-3-7-17-15(13)14;/h2-7,12,16H,8-11H2,1H3;1H/t12-;/m0./s1. The first-order chi connectivity index (χ1) is 8.83. The molecule has 1 aliphatic rings. The molecule has 1 aliphatic heterocycles. The molecule has 0 radical (unpaired) electrons. The third-order valence-corrected chi connectivity index (χ3v) is 3.56. The molecule has 1 fully saturated rings. The fourth-order valence-electron chi connectivity index (χ4n) is 2.69. The summed E-state index contributed by atoms with van der Waals surface area (Å²) < 4.78 is 0. The molecule has 1 N–H and O–H groups in total. The Hall–Kier alpha value is -1.16. The zero-order chi connectivity index (χ0) is 12.4. The van der Waals surface area contributed by atoms with E-state index in [9.17, 15) is 0 Å². The van der Waals surface area contributed by atoms with Crippen LogP contribution in [-0.2, 0) is 6.54 Å². The molecular weight excluding hydrogens is 258 g/mol. The molecule has 0 amide bonds. The van der Waals surface area contributed by atoms with Gasteiger partial charge in [0, 0.05) is 43.8 Å². The molecule has 19 heavy (non-hydrogen) atoms.